The van der Waals surface area contributed by atoms with Gasteiger partial charge in [0.25, 0.3) is 0 Å². The number of hydrogen-bond acceptors (Lipinski definition) is 5. The van der Waals surface area contributed by atoms with Crippen molar-refractivity contribution in [3.63, 3.8) is 0 Å². The zero-order chi connectivity index (χ0) is 18.4. The predicted octanol–water partition coefficient (Wildman–Crippen LogP) is 2.48. The third-order valence-corrected chi connectivity index (χ3v) is 4.65. The molecule has 0 radical (unpaired) electrons. The quantitative estimate of drug-likeness (QED) is 0.601. The molecule has 2 aromatic heterocycles. The summed E-state index contributed by atoms with van der Waals surface area (Å²) in [5.74, 6) is -2.51. The van der Waals surface area contributed by atoms with E-state index in [0.717, 1.165) is 13.0 Å². The molecule has 0 unspecified atom stereocenters. The minimum Gasteiger partial charge on any atom is -0.478 e. The molecule has 0 amide bonds. The second kappa shape index (κ2) is 8.41. The van der Waals surface area contributed by atoms with Gasteiger partial charge >= 0.3 is 11.9 Å². The topological polar surface area (TPSA) is 118 Å². The summed E-state index contributed by atoms with van der Waals surface area (Å²) in [6, 6.07) is 6.63. The van der Waals surface area contributed by atoms with E-state index in [0.29, 0.717) is 18.7 Å². The fourth-order valence-corrected chi connectivity index (χ4v) is 3.36. The second-order valence-electron chi connectivity index (χ2n) is 5.15. The van der Waals surface area contributed by atoms with E-state index in [9.17, 15) is 9.59 Å². The Labute approximate surface area is 148 Å². The van der Waals surface area contributed by atoms with Gasteiger partial charge in [-0.05, 0) is 24.6 Å². The normalized spacial score (nSPS) is 11.0. The summed E-state index contributed by atoms with van der Waals surface area (Å²) >= 11 is 1.87. The van der Waals surface area contributed by atoms with E-state index in [1.807, 2.05) is 22.2 Å². The molecule has 1 aromatic carbocycles. The Morgan fingerprint density at radius 1 is 1.28 bits per heavy atom. The number of fused-ring (bicyclic) bond motifs is 3. The van der Waals surface area contributed by atoms with Crippen LogP contribution in [0.15, 0.2) is 36.5 Å². The minimum absolute atomic E-state index is 0.558. The number of aromatic nitrogens is 2. The smallest absolute Gasteiger partial charge is 0.328 e. The molecule has 4 N–H and O–H groups in total. The molecule has 0 saturated carbocycles. The largest absolute Gasteiger partial charge is 0.478 e. The maximum Gasteiger partial charge on any atom is 0.328 e. The molecule has 3 aromatic rings. The van der Waals surface area contributed by atoms with Crippen molar-refractivity contribution in [1.29, 1.82) is 0 Å². The molecule has 3 rings (SSSR count). The van der Waals surface area contributed by atoms with E-state index >= 15 is 0 Å². The van der Waals surface area contributed by atoms with Crippen LogP contribution in [-0.4, -0.2) is 38.5 Å². The zero-order valence-electron chi connectivity index (χ0n) is 13.7. The Bertz CT molecular complexity index is 911. The van der Waals surface area contributed by atoms with Crippen LogP contribution in [0, 0.1) is 0 Å². The van der Waals surface area contributed by atoms with Gasteiger partial charge in [0.2, 0.25) is 0 Å². The van der Waals surface area contributed by atoms with Gasteiger partial charge < -0.3 is 15.9 Å². The van der Waals surface area contributed by atoms with Crippen LogP contribution < -0.4 is 5.73 Å². The molecule has 0 aliphatic heterocycles. The molecule has 0 atom stereocenters. The maximum atomic E-state index is 9.55. The molecule has 0 aliphatic carbocycles. The number of carbonyl (C=O) groups is 2. The average molecular weight is 361 g/mol. The number of carboxylic acids is 2. The number of thiophene rings is 1. The van der Waals surface area contributed by atoms with Gasteiger partial charge in [-0.2, -0.15) is 5.10 Å². The molecule has 2 heterocycles. The highest BCUT2D eigenvalue weighted by Gasteiger charge is 2.09. The minimum atomic E-state index is -1.26. The third-order valence-electron chi connectivity index (χ3n) is 3.41. The molecule has 0 bridgehead atoms. The molecule has 0 aliphatic rings. The molecule has 0 fully saturated rings. The zero-order valence-corrected chi connectivity index (χ0v) is 14.5. The first-order valence-electron chi connectivity index (χ1n) is 7.67. The van der Waals surface area contributed by atoms with E-state index in [4.69, 9.17) is 15.9 Å². The summed E-state index contributed by atoms with van der Waals surface area (Å²) in [4.78, 5) is 20.5. The number of carboxylic acid groups (broad SMARTS) is 2. The maximum absolute atomic E-state index is 9.55. The lowest BCUT2D eigenvalue weighted by molar-refractivity contribution is -0.134. The monoisotopic (exact) mass is 361 g/mol. The second-order valence-corrected chi connectivity index (χ2v) is 6.32. The summed E-state index contributed by atoms with van der Waals surface area (Å²) in [6.45, 7) is 3.59. The number of nitrogens with two attached hydrogens (primary N) is 1. The fraction of sp³-hybridized carbons (Fsp3) is 0.235. The Morgan fingerprint density at radius 3 is 2.52 bits per heavy atom. The van der Waals surface area contributed by atoms with Crippen LogP contribution in [0.1, 0.15) is 11.8 Å². The predicted molar refractivity (Wildman–Crippen MR) is 98.0 cm³/mol. The van der Waals surface area contributed by atoms with Gasteiger partial charge in [0, 0.05) is 39.0 Å². The number of aliphatic carboxylic acids is 2. The fourth-order valence-electron chi connectivity index (χ4n) is 2.36. The van der Waals surface area contributed by atoms with Gasteiger partial charge in [-0.15, -0.1) is 11.3 Å². The van der Waals surface area contributed by atoms with Gasteiger partial charge in [0.1, 0.15) is 0 Å². The van der Waals surface area contributed by atoms with Crippen molar-refractivity contribution in [2.75, 3.05) is 6.54 Å². The molecule has 0 spiro atoms. The number of hydrogen-bond donors (Lipinski definition) is 3. The average Bonchev–Trinajstić information content (AvgIpc) is 3.17. The van der Waals surface area contributed by atoms with Crippen molar-refractivity contribution in [2.24, 2.45) is 5.73 Å². The van der Waals surface area contributed by atoms with Crippen molar-refractivity contribution < 1.29 is 19.8 Å². The molecule has 25 heavy (non-hydrogen) atoms. The van der Waals surface area contributed by atoms with Crippen molar-refractivity contribution in [1.82, 2.24) is 9.78 Å². The van der Waals surface area contributed by atoms with Gasteiger partial charge in [0.15, 0.2) is 0 Å². The molecular formula is C17H19N3O4S. The summed E-state index contributed by atoms with van der Waals surface area (Å²) in [6.07, 6.45) is 4.13. The lowest BCUT2D eigenvalue weighted by atomic mass is 10.2. The van der Waals surface area contributed by atoms with Crippen LogP contribution in [0.2, 0.25) is 0 Å². The number of nitrogens with zero attached hydrogens (tertiary/aromatic N) is 2. The van der Waals surface area contributed by atoms with E-state index in [1.54, 1.807) is 0 Å². The van der Waals surface area contributed by atoms with Crippen LogP contribution in [0.25, 0.3) is 21.0 Å². The SMILES string of the molecule is CCc1cc2c(ccc3cnn(CCN)c32)s1.O=C(O)C=CC(=O)O. The number of aryl methyl sites for hydroxylation is 1. The molecule has 7 nitrogen and oxygen atoms in total. The Kier molecular flexibility index (Phi) is 6.26. The highest BCUT2D eigenvalue weighted by atomic mass is 32.1. The summed E-state index contributed by atoms with van der Waals surface area (Å²) in [5, 5.41) is 22.6. The molecule has 0 saturated heterocycles. The van der Waals surface area contributed by atoms with E-state index in [2.05, 4.69) is 30.2 Å². The molecule has 8 heteroatoms. The first kappa shape index (κ1) is 18.6. The lowest BCUT2D eigenvalue weighted by Gasteiger charge is -2.01. The van der Waals surface area contributed by atoms with E-state index < -0.39 is 11.9 Å². The highest BCUT2D eigenvalue weighted by molar-refractivity contribution is 7.19. The van der Waals surface area contributed by atoms with Crippen molar-refractivity contribution in [3.05, 3.63) is 41.4 Å². The van der Waals surface area contributed by atoms with Gasteiger partial charge in [-0.3, -0.25) is 4.68 Å². The third kappa shape index (κ3) is 4.65. The van der Waals surface area contributed by atoms with Crippen LogP contribution in [0.5, 0.6) is 0 Å². The van der Waals surface area contributed by atoms with Gasteiger partial charge in [0.05, 0.1) is 18.3 Å². The molecular weight excluding hydrogens is 342 g/mol. The van der Waals surface area contributed by atoms with Crippen molar-refractivity contribution in [2.45, 2.75) is 19.9 Å². The Balaban J connectivity index is 0.000000242. The summed E-state index contributed by atoms with van der Waals surface area (Å²) in [7, 11) is 0. The van der Waals surface area contributed by atoms with Gasteiger partial charge in [-0.25, -0.2) is 9.59 Å². The standard InChI is InChI=1S/C13H15N3S.C4H4O4/c1-2-10-7-11-12(17-10)4-3-9-8-15-16(6-5-14)13(9)11;5-3(6)1-2-4(7)8/h3-4,7-8H,2,5-6,14H2,1H3;1-2H,(H,5,6)(H,7,8). The molecule has 132 valence electrons. The van der Waals surface area contributed by atoms with Crippen molar-refractivity contribution in [3.8, 4) is 0 Å². The van der Waals surface area contributed by atoms with Crippen LogP contribution >= 0.6 is 11.3 Å². The van der Waals surface area contributed by atoms with Gasteiger partial charge in [-0.1, -0.05) is 6.92 Å². The first-order valence-corrected chi connectivity index (χ1v) is 8.48. The number of rotatable bonds is 5. The lowest BCUT2D eigenvalue weighted by Crippen LogP contribution is -2.10. The highest BCUT2D eigenvalue weighted by Crippen LogP contribution is 2.32. The van der Waals surface area contributed by atoms with Crippen LogP contribution in [-0.2, 0) is 22.6 Å². The summed E-state index contributed by atoms with van der Waals surface area (Å²) in [5.41, 5.74) is 6.85. The van der Waals surface area contributed by atoms with E-state index in [1.165, 1.54) is 25.9 Å². The van der Waals surface area contributed by atoms with Crippen LogP contribution in [0.4, 0.5) is 0 Å². The Hall–Kier alpha value is -2.71. The van der Waals surface area contributed by atoms with E-state index in [-0.39, 0.29) is 0 Å². The first-order chi connectivity index (χ1) is 12.0. The number of benzene rings is 1. The van der Waals surface area contributed by atoms with Crippen LogP contribution in [0.3, 0.4) is 0 Å². The Morgan fingerprint density at radius 2 is 1.96 bits per heavy atom. The van der Waals surface area contributed by atoms with Crippen molar-refractivity contribution >= 4 is 44.3 Å². The summed E-state index contributed by atoms with van der Waals surface area (Å²) < 4.78 is 3.36.